The van der Waals surface area contributed by atoms with Crippen LogP contribution in [0.2, 0.25) is 5.02 Å². The summed E-state index contributed by atoms with van der Waals surface area (Å²) in [5.41, 5.74) is 0.989. The molecule has 1 unspecified atom stereocenters. The lowest BCUT2D eigenvalue weighted by atomic mass is 10.2. The van der Waals surface area contributed by atoms with Gasteiger partial charge in [0, 0.05) is 24.2 Å². The molecule has 0 aromatic heterocycles. The second kappa shape index (κ2) is 10.5. The molecule has 0 saturated carbocycles. The highest BCUT2D eigenvalue weighted by molar-refractivity contribution is 6.30. The van der Waals surface area contributed by atoms with Crippen molar-refractivity contribution >= 4 is 17.6 Å². The first-order chi connectivity index (χ1) is 13.1. The van der Waals surface area contributed by atoms with Crippen LogP contribution >= 0.6 is 11.6 Å². The van der Waals surface area contributed by atoms with Crippen molar-refractivity contribution in [3.63, 3.8) is 0 Å². The van der Waals surface area contributed by atoms with Crippen LogP contribution in [0.4, 0.5) is 0 Å². The number of nitrogens with one attached hydrogen (secondary N) is 2. The van der Waals surface area contributed by atoms with Crippen LogP contribution in [-0.2, 0) is 6.54 Å². The molecule has 2 N–H and O–H groups in total. The van der Waals surface area contributed by atoms with Gasteiger partial charge in [-0.2, -0.15) is 0 Å². The molecule has 0 aliphatic heterocycles. The first-order valence-corrected chi connectivity index (χ1v) is 9.01. The van der Waals surface area contributed by atoms with Crippen LogP contribution < -0.4 is 24.8 Å². The number of guanidine groups is 1. The Morgan fingerprint density at radius 2 is 1.74 bits per heavy atom. The second-order valence-corrected chi connectivity index (χ2v) is 6.28. The minimum absolute atomic E-state index is 0.0788. The molecule has 146 valence electrons. The van der Waals surface area contributed by atoms with Gasteiger partial charge in [-0.3, -0.25) is 4.99 Å². The molecular formula is C20H26ClN3O3. The van der Waals surface area contributed by atoms with Crippen LogP contribution in [0.25, 0.3) is 0 Å². The van der Waals surface area contributed by atoms with Gasteiger partial charge in [0.15, 0.2) is 17.5 Å². The highest BCUT2D eigenvalue weighted by Gasteiger charge is 2.10. The zero-order chi connectivity index (χ0) is 19.6. The third-order valence-corrected chi connectivity index (χ3v) is 4.11. The van der Waals surface area contributed by atoms with Crippen molar-refractivity contribution in [2.75, 3.05) is 27.8 Å². The van der Waals surface area contributed by atoms with Gasteiger partial charge >= 0.3 is 0 Å². The van der Waals surface area contributed by atoms with Crippen molar-refractivity contribution in [1.82, 2.24) is 10.6 Å². The van der Waals surface area contributed by atoms with Crippen molar-refractivity contribution in [3.05, 3.63) is 53.1 Å². The number of halogens is 1. The van der Waals surface area contributed by atoms with Gasteiger partial charge < -0.3 is 24.8 Å². The van der Waals surface area contributed by atoms with Gasteiger partial charge in [-0.1, -0.05) is 29.8 Å². The van der Waals surface area contributed by atoms with Gasteiger partial charge in [0.05, 0.1) is 20.8 Å². The number of para-hydroxylation sites is 2. The van der Waals surface area contributed by atoms with Crippen LogP contribution in [0.15, 0.2) is 47.5 Å². The van der Waals surface area contributed by atoms with Crippen molar-refractivity contribution in [3.8, 4) is 17.2 Å². The number of aliphatic imine (C=N–C) groups is 1. The number of hydrogen-bond donors (Lipinski definition) is 2. The molecule has 2 rings (SSSR count). The van der Waals surface area contributed by atoms with E-state index in [0.717, 1.165) is 11.3 Å². The fourth-order valence-corrected chi connectivity index (χ4v) is 2.64. The Bertz CT molecular complexity index is 768. The molecule has 7 heteroatoms. The number of hydrogen-bond acceptors (Lipinski definition) is 4. The summed E-state index contributed by atoms with van der Waals surface area (Å²) >= 11 is 6.00. The molecule has 2 aromatic rings. The highest BCUT2D eigenvalue weighted by Crippen LogP contribution is 2.26. The average molecular weight is 392 g/mol. The lowest BCUT2D eigenvalue weighted by Gasteiger charge is -2.19. The van der Waals surface area contributed by atoms with Crippen molar-refractivity contribution in [1.29, 1.82) is 0 Å². The standard InChI is InChI=1S/C20H26ClN3O3/c1-14(27-18-8-6-5-7-17(18)25-3)12-23-20(22-2)24-13-15-9-10-16(21)11-19(15)26-4/h5-11,14H,12-13H2,1-4H3,(H2,22,23,24). The molecule has 0 amide bonds. The quantitative estimate of drug-likeness (QED) is 0.532. The van der Waals surface area contributed by atoms with Crippen LogP contribution in [0, 0.1) is 0 Å². The monoisotopic (exact) mass is 391 g/mol. The minimum atomic E-state index is -0.0788. The molecule has 0 bridgehead atoms. The number of nitrogens with zero attached hydrogens (tertiary/aromatic N) is 1. The summed E-state index contributed by atoms with van der Waals surface area (Å²) in [4.78, 5) is 4.24. The number of rotatable bonds is 8. The van der Waals surface area contributed by atoms with Crippen molar-refractivity contribution in [2.45, 2.75) is 19.6 Å². The Morgan fingerprint density at radius 1 is 1.04 bits per heavy atom. The van der Waals surface area contributed by atoms with E-state index >= 15 is 0 Å². The molecular weight excluding hydrogens is 366 g/mol. The molecule has 0 aliphatic carbocycles. The Kier molecular flexibility index (Phi) is 8.07. The van der Waals surface area contributed by atoms with Crippen LogP contribution in [-0.4, -0.2) is 39.9 Å². The summed E-state index contributed by atoms with van der Waals surface area (Å²) in [5, 5.41) is 7.15. The van der Waals surface area contributed by atoms with Crippen LogP contribution in [0.5, 0.6) is 17.2 Å². The van der Waals surface area contributed by atoms with Gasteiger partial charge in [-0.15, -0.1) is 0 Å². The predicted octanol–water partition coefficient (Wildman–Crippen LogP) is 3.49. The zero-order valence-corrected chi connectivity index (χ0v) is 16.8. The Hall–Kier alpha value is -2.60. The van der Waals surface area contributed by atoms with E-state index in [-0.39, 0.29) is 6.10 Å². The van der Waals surface area contributed by atoms with E-state index < -0.39 is 0 Å². The van der Waals surface area contributed by atoms with E-state index in [1.165, 1.54) is 0 Å². The summed E-state index contributed by atoms with van der Waals surface area (Å²) in [6.45, 7) is 3.12. The molecule has 0 radical (unpaired) electrons. The van der Waals surface area contributed by atoms with Crippen LogP contribution in [0.1, 0.15) is 12.5 Å². The molecule has 6 nitrogen and oxygen atoms in total. The molecule has 0 fully saturated rings. The van der Waals surface area contributed by atoms with E-state index in [1.54, 1.807) is 27.3 Å². The van der Waals surface area contributed by atoms with Gasteiger partial charge in [0.25, 0.3) is 0 Å². The number of methoxy groups -OCH3 is 2. The van der Waals surface area contributed by atoms with E-state index in [0.29, 0.717) is 35.6 Å². The normalized spacial score (nSPS) is 12.3. The van der Waals surface area contributed by atoms with Gasteiger partial charge in [0.1, 0.15) is 11.9 Å². The average Bonchev–Trinajstić information content (AvgIpc) is 2.69. The molecule has 0 saturated heterocycles. The van der Waals surface area contributed by atoms with Gasteiger partial charge in [0.2, 0.25) is 0 Å². The van der Waals surface area contributed by atoms with E-state index in [4.69, 9.17) is 25.8 Å². The highest BCUT2D eigenvalue weighted by atomic mass is 35.5. The Labute approximate surface area is 165 Å². The first kappa shape index (κ1) is 20.7. The van der Waals surface area contributed by atoms with Gasteiger partial charge in [-0.05, 0) is 31.2 Å². The summed E-state index contributed by atoms with van der Waals surface area (Å²) < 4.78 is 16.6. The molecule has 0 heterocycles. The lowest BCUT2D eigenvalue weighted by Crippen LogP contribution is -2.41. The number of benzene rings is 2. The topological polar surface area (TPSA) is 64.1 Å². The van der Waals surface area contributed by atoms with Crippen LogP contribution in [0.3, 0.4) is 0 Å². The number of ether oxygens (including phenoxy) is 3. The van der Waals surface area contributed by atoms with E-state index in [1.807, 2.05) is 43.3 Å². The smallest absolute Gasteiger partial charge is 0.191 e. The summed E-state index contributed by atoms with van der Waals surface area (Å²) in [6.07, 6.45) is -0.0788. The lowest BCUT2D eigenvalue weighted by molar-refractivity contribution is 0.213. The molecule has 2 aromatic carbocycles. The first-order valence-electron chi connectivity index (χ1n) is 8.64. The second-order valence-electron chi connectivity index (χ2n) is 5.84. The summed E-state index contributed by atoms with van der Waals surface area (Å²) in [7, 11) is 4.97. The largest absolute Gasteiger partial charge is 0.496 e. The maximum atomic E-state index is 6.00. The maximum absolute atomic E-state index is 6.00. The Balaban J connectivity index is 1.86. The zero-order valence-electron chi connectivity index (χ0n) is 16.1. The molecule has 0 spiro atoms. The summed E-state index contributed by atoms with van der Waals surface area (Å²) in [5.74, 6) is 2.82. The fourth-order valence-electron chi connectivity index (χ4n) is 2.48. The Morgan fingerprint density at radius 3 is 2.41 bits per heavy atom. The maximum Gasteiger partial charge on any atom is 0.191 e. The van der Waals surface area contributed by atoms with Crippen molar-refractivity contribution < 1.29 is 14.2 Å². The summed E-state index contributed by atoms with van der Waals surface area (Å²) in [6, 6.07) is 13.1. The third kappa shape index (κ3) is 6.25. The third-order valence-electron chi connectivity index (χ3n) is 3.87. The SMILES string of the molecule is CN=C(NCc1ccc(Cl)cc1OC)NCC(C)Oc1ccccc1OC. The molecule has 27 heavy (non-hydrogen) atoms. The predicted molar refractivity (Wildman–Crippen MR) is 109 cm³/mol. The molecule has 0 aliphatic rings. The van der Waals surface area contributed by atoms with E-state index in [2.05, 4.69) is 15.6 Å². The molecule has 1 atom stereocenters. The van der Waals surface area contributed by atoms with Gasteiger partial charge in [-0.25, -0.2) is 0 Å². The minimum Gasteiger partial charge on any atom is -0.496 e. The fraction of sp³-hybridized carbons (Fsp3) is 0.350. The van der Waals surface area contributed by atoms with E-state index in [9.17, 15) is 0 Å². The van der Waals surface area contributed by atoms with Crippen molar-refractivity contribution in [2.24, 2.45) is 4.99 Å².